The lowest BCUT2D eigenvalue weighted by Crippen LogP contribution is -2.45. The Morgan fingerprint density at radius 3 is 2.61 bits per heavy atom. The molecule has 7 heteroatoms. The number of anilines is 2. The van der Waals surface area contributed by atoms with Crippen LogP contribution in [0.25, 0.3) is 10.8 Å². The minimum atomic E-state index is 0.377. The number of rotatable bonds is 6. The molecule has 0 amide bonds. The van der Waals surface area contributed by atoms with Gasteiger partial charge in [0.05, 0.1) is 0 Å². The average Bonchev–Trinajstić information content (AvgIpc) is 3.39. The fraction of sp³-hybridized carbons (Fsp3) is 0.484. The number of benzene rings is 2. The summed E-state index contributed by atoms with van der Waals surface area (Å²) in [5.74, 6) is 1.52. The first kappa shape index (κ1) is 25.0. The number of ether oxygens (including phenoxy) is 1. The molecular weight excluding hydrogens is 472 g/mol. The maximum atomic E-state index is 10.4. The number of nitrogens with one attached hydrogen (secondary N) is 1. The van der Waals surface area contributed by atoms with Crippen molar-refractivity contribution in [3.63, 3.8) is 0 Å². The zero-order chi connectivity index (χ0) is 26.1. The molecule has 2 saturated heterocycles. The molecule has 0 unspecified atom stereocenters. The van der Waals surface area contributed by atoms with Gasteiger partial charge in [0.15, 0.2) is 0 Å². The molecule has 0 radical (unpaired) electrons. The molecule has 1 atom stereocenters. The Balaban J connectivity index is 1.41. The Morgan fingerprint density at radius 2 is 1.87 bits per heavy atom. The smallest absolute Gasteiger partial charge is 0.234 e. The summed E-state index contributed by atoms with van der Waals surface area (Å²) >= 11 is 0. The number of pyridine rings is 1. The number of hydrogen-bond donors (Lipinski definition) is 1. The molecule has 3 aliphatic rings. The van der Waals surface area contributed by atoms with Crippen molar-refractivity contribution in [3.05, 3.63) is 58.7 Å². The van der Waals surface area contributed by atoms with Gasteiger partial charge in [-0.3, -0.25) is 0 Å². The van der Waals surface area contributed by atoms with E-state index in [-0.39, 0.29) is 0 Å². The molecule has 7 nitrogen and oxygen atoms in total. The van der Waals surface area contributed by atoms with E-state index in [1.54, 1.807) is 0 Å². The first-order valence-electron chi connectivity index (χ1n) is 14.2. The Bertz CT molecular complexity index is 1350. The lowest BCUT2D eigenvalue weighted by atomic mass is 9.94. The van der Waals surface area contributed by atoms with Gasteiger partial charge in [0, 0.05) is 67.5 Å². The van der Waals surface area contributed by atoms with E-state index < -0.39 is 0 Å². The maximum Gasteiger partial charge on any atom is 0.234 e. The van der Waals surface area contributed by atoms with Gasteiger partial charge in [0.2, 0.25) is 5.88 Å². The molecule has 4 heterocycles. The van der Waals surface area contributed by atoms with E-state index in [4.69, 9.17) is 9.72 Å². The number of aromatic nitrogens is 1. The van der Waals surface area contributed by atoms with Crippen LogP contribution in [0.5, 0.6) is 5.88 Å². The van der Waals surface area contributed by atoms with Gasteiger partial charge in [-0.05, 0) is 56.3 Å². The number of hydrogen-bond acceptors (Lipinski definition) is 7. The van der Waals surface area contributed by atoms with E-state index in [2.05, 4.69) is 76.5 Å². The van der Waals surface area contributed by atoms with Crippen LogP contribution >= 0.6 is 0 Å². The summed E-state index contributed by atoms with van der Waals surface area (Å²) in [4.78, 5) is 12.3. The van der Waals surface area contributed by atoms with Crippen molar-refractivity contribution >= 4 is 22.3 Å². The number of piperazine rings is 1. The second-order valence-electron chi connectivity index (χ2n) is 10.8. The highest BCUT2D eigenvalue weighted by Crippen LogP contribution is 2.39. The highest BCUT2D eigenvalue weighted by atomic mass is 16.5. The van der Waals surface area contributed by atoms with Crippen LogP contribution < -0.4 is 19.9 Å². The second-order valence-corrected chi connectivity index (χ2v) is 10.8. The van der Waals surface area contributed by atoms with E-state index in [1.807, 2.05) is 0 Å². The van der Waals surface area contributed by atoms with Gasteiger partial charge in [-0.15, -0.1) is 0 Å². The maximum absolute atomic E-state index is 10.4. The van der Waals surface area contributed by atoms with Crippen molar-refractivity contribution in [2.24, 2.45) is 0 Å². The molecule has 2 fully saturated rings. The second kappa shape index (κ2) is 10.8. The molecule has 3 aliphatic heterocycles. The van der Waals surface area contributed by atoms with E-state index in [1.165, 1.54) is 34.0 Å². The monoisotopic (exact) mass is 510 g/mol. The number of nitriles is 1. The Morgan fingerprint density at radius 1 is 1.05 bits per heavy atom. The molecule has 38 heavy (non-hydrogen) atoms. The number of nitrogens with zero attached hydrogens (tertiary/aromatic N) is 5. The van der Waals surface area contributed by atoms with Gasteiger partial charge in [-0.2, -0.15) is 10.2 Å². The number of fused-ring (bicyclic) bond motifs is 2. The van der Waals surface area contributed by atoms with Crippen molar-refractivity contribution < 1.29 is 4.74 Å². The Kier molecular flexibility index (Phi) is 7.10. The Hall–Kier alpha value is -3.34. The number of likely N-dealkylation sites (tertiary alicyclic amines) is 1. The molecule has 1 aromatic heterocycles. The lowest BCUT2D eigenvalue weighted by Gasteiger charge is -2.37. The molecular formula is C31H38N6O. The fourth-order valence-corrected chi connectivity index (χ4v) is 6.47. The third-order valence-electron chi connectivity index (χ3n) is 8.64. The predicted octanol–water partition coefficient (Wildman–Crippen LogP) is 4.11. The van der Waals surface area contributed by atoms with E-state index >= 15 is 0 Å². The van der Waals surface area contributed by atoms with Crippen LogP contribution in [-0.2, 0) is 19.4 Å². The van der Waals surface area contributed by atoms with Gasteiger partial charge >= 0.3 is 0 Å². The molecule has 6 rings (SSSR count). The van der Waals surface area contributed by atoms with Crippen LogP contribution in [0.3, 0.4) is 0 Å². The van der Waals surface area contributed by atoms with Gasteiger partial charge < -0.3 is 24.8 Å². The summed E-state index contributed by atoms with van der Waals surface area (Å²) in [5, 5.41) is 16.5. The predicted molar refractivity (Wildman–Crippen MR) is 153 cm³/mol. The van der Waals surface area contributed by atoms with Crippen molar-refractivity contribution in [2.45, 2.75) is 45.2 Å². The van der Waals surface area contributed by atoms with E-state index in [0.29, 0.717) is 30.6 Å². The third kappa shape index (κ3) is 4.57. The molecule has 1 N–H and O–H groups in total. The summed E-state index contributed by atoms with van der Waals surface area (Å²) in [5.41, 5.74) is 5.54. The molecule has 0 bridgehead atoms. The molecule has 198 valence electrons. The number of aryl methyl sites for hydroxylation is 1. The van der Waals surface area contributed by atoms with Crippen molar-refractivity contribution in [1.29, 1.82) is 5.26 Å². The molecule has 2 aromatic carbocycles. The molecule has 3 aromatic rings. The van der Waals surface area contributed by atoms with Gasteiger partial charge in [0.1, 0.15) is 24.1 Å². The van der Waals surface area contributed by atoms with Crippen LogP contribution in [-0.4, -0.2) is 68.8 Å². The quantitative estimate of drug-likeness (QED) is 0.535. The topological polar surface area (TPSA) is 67.7 Å². The minimum absolute atomic E-state index is 0.377. The summed E-state index contributed by atoms with van der Waals surface area (Å²) in [7, 11) is 2.16. The summed E-state index contributed by atoms with van der Waals surface area (Å²) in [6.45, 7) is 9.23. The zero-order valence-electron chi connectivity index (χ0n) is 22.7. The molecule has 0 saturated carbocycles. The van der Waals surface area contributed by atoms with Crippen LogP contribution in [0, 0.1) is 11.3 Å². The van der Waals surface area contributed by atoms with E-state index in [0.717, 1.165) is 69.9 Å². The first-order chi connectivity index (χ1) is 18.7. The van der Waals surface area contributed by atoms with Gasteiger partial charge in [0.25, 0.3) is 0 Å². The van der Waals surface area contributed by atoms with Crippen molar-refractivity contribution in [3.8, 4) is 11.9 Å². The van der Waals surface area contributed by atoms with Crippen LogP contribution in [0.2, 0.25) is 0 Å². The fourth-order valence-electron chi connectivity index (χ4n) is 6.47. The van der Waals surface area contributed by atoms with Gasteiger partial charge in [-0.25, -0.2) is 0 Å². The first-order valence-corrected chi connectivity index (χ1v) is 14.2. The van der Waals surface area contributed by atoms with E-state index in [9.17, 15) is 5.26 Å². The normalized spacial score (nSPS) is 20.0. The third-order valence-corrected chi connectivity index (χ3v) is 8.64. The lowest BCUT2D eigenvalue weighted by molar-refractivity contribution is 0.193. The summed E-state index contributed by atoms with van der Waals surface area (Å²) in [6.07, 6.45) is 4.18. The zero-order valence-corrected chi connectivity index (χ0v) is 22.7. The highest BCUT2D eigenvalue weighted by molar-refractivity contribution is 5.97. The summed E-state index contributed by atoms with van der Waals surface area (Å²) in [6, 6.07) is 16.1. The standard InChI is InChI=1S/C31H38N6O/c1-3-22-7-4-8-23-9-5-11-28(29(22)23)37-16-12-25-27(20-37)26(19-32)31(38-21-24-10-6-15-35(24)2)34-30(25)36-17-13-33-14-18-36/h4-5,7-9,11,24,33H,3,6,10,12-18,20-21H2,1-2H3/t24-/m0/s1. The van der Waals surface area contributed by atoms with Crippen molar-refractivity contribution in [1.82, 2.24) is 15.2 Å². The molecule has 0 spiro atoms. The van der Waals surface area contributed by atoms with Crippen LogP contribution in [0.15, 0.2) is 36.4 Å². The van der Waals surface area contributed by atoms with Crippen LogP contribution in [0.4, 0.5) is 11.5 Å². The van der Waals surface area contributed by atoms with Crippen LogP contribution in [0.1, 0.15) is 42.0 Å². The highest BCUT2D eigenvalue weighted by Gasteiger charge is 2.31. The van der Waals surface area contributed by atoms with Gasteiger partial charge in [-0.1, -0.05) is 37.3 Å². The largest absolute Gasteiger partial charge is 0.475 e. The molecule has 0 aliphatic carbocycles. The average molecular weight is 511 g/mol. The Labute approximate surface area is 226 Å². The SMILES string of the molecule is CCc1cccc2cccc(N3CCc4c(N5CCNCC5)nc(OC[C@@H]5CCCN5C)c(C#N)c4C3)c12. The van der Waals surface area contributed by atoms with Crippen molar-refractivity contribution in [2.75, 3.05) is 62.7 Å². The minimum Gasteiger partial charge on any atom is -0.475 e. The summed E-state index contributed by atoms with van der Waals surface area (Å²) < 4.78 is 6.39. The number of likely N-dealkylation sites (N-methyl/N-ethyl adjacent to an activating group) is 1.